The number of rotatable bonds is 7. The lowest BCUT2D eigenvalue weighted by Gasteiger charge is -2.12. The lowest BCUT2D eigenvalue weighted by molar-refractivity contribution is -0.119. The van der Waals surface area contributed by atoms with Crippen LogP contribution in [0.15, 0.2) is 42.1 Å². The molecule has 0 saturated heterocycles. The molecule has 2 N–H and O–H groups in total. The van der Waals surface area contributed by atoms with E-state index in [1.807, 2.05) is 35.8 Å². The maximum absolute atomic E-state index is 12.2. The molecule has 26 heavy (non-hydrogen) atoms. The number of thioether (sulfide) groups is 1. The van der Waals surface area contributed by atoms with Crippen molar-refractivity contribution >= 4 is 23.7 Å². The molecule has 0 radical (unpaired) electrons. The highest BCUT2D eigenvalue weighted by Gasteiger charge is 2.21. The first-order chi connectivity index (χ1) is 12.5. The number of urea groups is 1. The van der Waals surface area contributed by atoms with Gasteiger partial charge >= 0.3 is 6.03 Å². The maximum atomic E-state index is 12.2. The molecule has 2 aromatic rings. The molecule has 0 fully saturated rings. The van der Waals surface area contributed by atoms with E-state index < -0.39 is 11.3 Å². The third-order valence-electron chi connectivity index (χ3n) is 3.53. The number of hydrogen-bond donors (Lipinski definition) is 2. The summed E-state index contributed by atoms with van der Waals surface area (Å²) in [4.78, 5) is 23.7. The summed E-state index contributed by atoms with van der Waals surface area (Å²) in [5, 5.41) is 13.4. The van der Waals surface area contributed by atoms with Crippen LogP contribution in [0.4, 0.5) is 4.79 Å². The van der Waals surface area contributed by atoms with Gasteiger partial charge in [-0.15, -0.1) is 16.8 Å². The minimum absolute atomic E-state index is 0.383. The van der Waals surface area contributed by atoms with Gasteiger partial charge in [0.05, 0.1) is 5.25 Å². The summed E-state index contributed by atoms with van der Waals surface area (Å²) in [5.74, 6) is 0.332. The molecule has 138 valence electrons. The van der Waals surface area contributed by atoms with Gasteiger partial charge in [0.2, 0.25) is 5.91 Å². The van der Waals surface area contributed by atoms with E-state index >= 15 is 0 Å². The van der Waals surface area contributed by atoms with Gasteiger partial charge in [-0.1, -0.05) is 41.6 Å². The Hall–Kier alpha value is -2.61. The van der Waals surface area contributed by atoms with E-state index in [0.29, 0.717) is 24.1 Å². The Balaban J connectivity index is 2.20. The van der Waals surface area contributed by atoms with Gasteiger partial charge in [0.15, 0.2) is 11.0 Å². The van der Waals surface area contributed by atoms with E-state index in [4.69, 9.17) is 0 Å². The molecular weight excluding hydrogens is 350 g/mol. The molecule has 1 aromatic heterocycles. The van der Waals surface area contributed by atoms with Crippen molar-refractivity contribution in [2.75, 3.05) is 6.54 Å². The lowest BCUT2D eigenvalue weighted by atomic mass is 10.1. The largest absolute Gasteiger partial charge is 0.338 e. The molecule has 0 bridgehead atoms. The van der Waals surface area contributed by atoms with Gasteiger partial charge in [0, 0.05) is 18.7 Å². The van der Waals surface area contributed by atoms with Crippen LogP contribution in [0.25, 0.3) is 11.4 Å². The van der Waals surface area contributed by atoms with Crippen molar-refractivity contribution in [3.05, 3.63) is 42.5 Å². The van der Waals surface area contributed by atoms with Gasteiger partial charge in [-0.2, -0.15) is 0 Å². The minimum Gasteiger partial charge on any atom is -0.338 e. The summed E-state index contributed by atoms with van der Waals surface area (Å²) in [6.07, 6.45) is 1.76. The number of benzene rings is 1. The Morgan fingerprint density at radius 2 is 2.15 bits per heavy atom. The van der Waals surface area contributed by atoms with Gasteiger partial charge < -0.3 is 5.32 Å². The summed E-state index contributed by atoms with van der Waals surface area (Å²) >= 11 is 1.25. The van der Waals surface area contributed by atoms with Crippen LogP contribution >= 0.6 is 11.8 Å². The highest BCUT2D eigenvalue weighted by Crippen LogP contribution is 2.27. The molecule has 8 heteroatoms. The second-order valence-corrected chi connectivity index (χ2v) is 6.99. The fourth-order valence-corrected chi connectivity index (χ4v) is 3.16. The van der Waals surface area contributed by atoms with Crippen LogP contribution in [-0.2, 0) is 11.3 Å². The third-order valence-corrected chi connectivity index (χ3v) is 4.61. The Morgan fingerprint density at radius 1 is 1.38 bits per heavy atom. The topological polar surface area (TPSA) is 88.9 Å². The average Bonchev–Trinajstić information content (AvgIpc) is 2.98. The van der Waals surface area contributed by atoms with Crippen molar-refractivity contribution in [1.29, 1.82) is 0 Å². The number of nitrogens with one attached hydrogen (secondary N) is 2. The molecule has 7 nitrogen and oxygen atoms in total. The molecule has 0 saturated carbocycles. The Bertz CT molecular complexity index is 803. The zero-order valence-electron chi connectivity index (χ0n) is 15.2. The van der Waals surface area contributed by atoms with Gasteiger partial charge in [-0.05, 0) is 26.8 Å². The summed E-state index contributed by atoms with van der Waals surface area (Å²) in [6.45, 7) is 10.3. The molecule has 0 aliphatic carbocycles. The second kappa shape index (κ2) is 9.19. The van der Waals surface area contributed by atoms with Crippen molar-refractivity contribution in [3.8, 4) is 11.4 Å². The molecule has 0 aliphatic rings. The number of carbonyl (C=O) groups is 2. The fourth-order valence-electron chi connectivity index (χ4n) is 2.30. The summed E-state index contributed by atoms with van der Waals surface area (Å²) in [5.41, 5.74) is 2.07. The van der Waals surface area contributed by atoms with E-state index in [-0.39, 0.29) is 5.91 Å². The summed E-state index contributed by atoms with van der Waals surface area (Å²) < 4.78 is 1.91. The monoisotopic (exact) mass is 373 g/mol. The molecule has 3 amide bonds. The first-order valence-electron chi connectivity index (χ1n) is 8.32. The van der Waals surface area contributed by atoms with Gasteiger partial charge in [-0.25, -0.2) is 4.79 Å². The first-order valence-corrected chi connectivity index (χ1v) is 9.20. The van der Waals surface area contributed by atoms with E-state index in [1.165, 1.54) is 11.8 Å². The normalized spacial score (nSPS) is 11.7. The van der Waals surface area contributed by atoms with Crippen LogP contribution in [0.1, 0.15) is 19.4 Å². The molecule has 0 unspecified atom stereocenters. The van der Waals surface area contributed by atoms with Crippen molar-refractivity contribution in [2.45, 2.75) is 37.7 Å². The molecule has 0 spiro atoms. The van der Waals surface area contributed by atoms with E-state index in [9.17, 15) is 9.59 Å². The third kappa shape index (κ3) is 4.95. The summed E-state index contributed by atoms with van der Waals surface area (Å²) in [6, 6.07) is 7.48. The minimum atomic E-state index is -0.504. The van der Waals surface area contributed by atoms with Crippen LogP contribution in [0.3, 0.4) is 0 Å². The zero-order valence-corrected chi connectivity index (χ0v) is 16.0. The highest BCUT2D eigenvalue weighted by atomic mass is 32.2. The second-order valence-electron chi connectivity index (χ2n) is 5.68. The Labute approximate surface area is 157 Å². The van der Waals surface area contributed by atoms with Gasteiger partial charge in [0.1, 0.15) is 0 Å². The Kier molecular flexibility index (Phi) is 6.97. The molecular formula is C18H23N5O2S. The van der Waals surface area contributed by atoms with Crippen LogP contribution in [0.5, 0.6) is 0 Å². The van der Waals surface area contributed by atoms with Gasteiger partial charge in [-0.3, -0.25) is 14.7 Å². The Morgan fingerprint density at radius 3 is 2.81 bits per heavy atom. The number of hydrogen-bond acceptors (Lipinski definition) is 5. The van der Waals surface area contributed by atoms with E-state index in [0.717, 1.165) is 11.1 Å². The number of aryl methyl sites for hydroxylation is 1. The number of amides is 3. The van der Waals surface area contributed by atoms with Crippen LogP contribution in [0, 0.1) is 6.92 Å². The molecule has 1 aromatic carbocycles. The highest BCUT2D eigenvalue weighted by molar-refractivity contribution is 8.00. The van der Waals surface area contributed by atoms with Crippen molar-refractivity contribution < 1.29 is 9.59 Å². The number of nitrogens with zero attached hydrogens (tertiary/aromatic N) is 3. The zero-order chi connectivity index (χ0) is 19.1. The predicted molar refractivity (Wildman–Crippen MR) is 103 cm³/mol. The smallest absolute Gasteiger partial charge is 0.321 e. The fraction of sp³-hybridized carbons (Fsp3) is 0.333. The maximum Gasteiger partial charge on any atom is 0.321 e. The van der Waals surface area contributed by atoms with E-state index in [2.05, 4.69) is 27.4 Å². The number of aromatic nitrogens is 3. The molecule has 1 heterocycles. The molecule has 0 aliphatic heterocycles. The average molecular weight is 373 g/mol. The summed E-state index contributed by atoms with van der Waals surface area (Å²) in [7, 11) is 0. The number of carbonyl (C=O) groups excluding carboxylic acids is 2. The number of allylic oxidation sites excluding steroid dienone is 1. The lowest BCUT2D eigenvalue weighted by Crippen LogP contribution is -2.42. The predicted octanol–water partition coefficient (Wildman–Crippen LogP) is 2.77. The standard InChI is InChI=1S/C18H23N5O2S/c1-5-10-23-15(14-9-7-8-12(3)11-14)21-22-18(23)26-13(4)16(24)20-17(25)19-6-2/h5,7-9,11,13H,1,6,10H2,2-4H3,(H2,19,20,24,25)/t13-/m0/s1. The quantitative estimate of drug-likeness (QED) is 0.575. The van der Waals surface area contributed by atoms with Crippen molar-refractivity contribution in [1.82, 2.24) is 25.4 Å². The first kappa shape index (κ1) is 19.7. The van der Waals surface area contributed by atoms with Crippen LogP contribution < -0.4 is 10.6 Å². The molecule has 1 atom stereocenters. The SMILES string of the molecule is C=CCn1c(S[C@@H](C)C(=O)NC(=O)NCC)nnc1-c1cccc(C)c1. The number of imide groups is 1. The van der Waals surface area contributed by atoms with Crippen LogP contribution in [-0.4, -0.2) is 38.5 Å². The van der Waals surface area contributed by atoms with Gasteiger partial charge in [0.25, 0.3) is 0 Å². The van der Waals surface area contributed by atoms with Crippen LogP contribution in [0.2, 0.25) is 0 Å². The van der Waals surface area contributed by atoms with Crippen molar-refractivity contribution in [3.63, 3.8) is 0 Å². The van der Waals surface area contributed by atoms with E-state index in [1.54, 1.807) is 19.9 Å². The van der Waals surface area contributed by atoms with Crippen molar-refractivity contribution in [2.24, 2.45) is 0 Å². The molecule has 2 rings (SSSR count).